The summed E-state index contributed by atoms with van der Waals surface area (Å²) in [6.45, 7) is 1.56. The zero-order chi connectivity index (χ0) is 36.1. The molecule has 9 rings (SSSR count). The van der Waals surface area contributed by atoms with E-state index in [1.54, 1.807) is 0 Å². The number of aromatic nitrogens is 2. The van der Waals surface area contributed by atoms with E-state index in [-0.39, 0.29) is 5.92 Å². The van der Waals surface area contributed by atoms with Crippen LogP contribution in [0.1, 0.15) is 41.3 Å². The van der Waals surface area contributed by atoms with Gasteiger partial charge >= 0.3 is 0 Å². The summed E-state index contributed by atoms with van der Waals surface area (Å²) >= 11 is 0. The minimum absolute atomic E-state index is 0.263. The van der Waals surface area contributed by atoms with Gasteiger partial charge in [0.2, 0.25) is 0 Å². The number of benzene rings is 5. The number of rotatable bonds is 8. The van der Waals surface area contributed by atoms with Crippen LogP contribution in [0.5, 0.6) is 0 Å². The topological polar surface area (TPSA) is 50.2 Å². The van der Waals surface area contributed by atoms with Crippen molar-refractivity contribution in [3.63, 3.8) is 0 Å². The van der Waals surface area contributed by atoms with Gasteiger partial charge in [-0.15, -0.1) is 0 Å². The lowest BCUT2D eigenvalue weighted by atomic mass is 9.84. The van der Waals surface area contributed by atoms with Gasteiger partial charge in [0.05, 0.1) is 11.4 Å². The molecule has 6 aromatic rings. The SMILES string of the molecule is C1=CC(c2ccccc2)=CC(c2cc(-c3ccc(-c4ccccc4)cc3)cc(-c3ccc(-c4nc(C5=CCNC=C5)cc(C5=CC=NCC5)n4)cc3)c2)C1. The van der Waals surface area contributed by atoms with Gasteiger partial charge in [0.15, 0.2) is 5.82 Å². The molecule has 1 aliphatic carbocycles. The van der Waals surface area contributed by atoms with Gasteiger partial charge in [-0.1, -0.05) is 146 Å². The van der Waals surface area contributed by atoms with Crippen LogP contribution in [-0.4, -0.2) is 29.3 Å². The molecule has 1 aromatic heterocycles. The smallest absolute Gasteiger partial charge is 0.160 e. The van der Waals surface area contributed by atoms with Gasteiger partial charge in [0.25, 0.3) is 0 Å². The Morgan fingerprint density at radius 1 is 0.556 bits per heavy atom. The van der Waals surface area contributed by atoms with Gasteiger partial charge in [0, 0.05) is 30.8 Å². The van der Waals surface area contributed by atoms with Crippen molar-refractivity contribution < 1.29 is 0 Å². The molecule has 4 nitrogen and oxygen atoms in total. The lowest BCUT2D eigenvalue weighted by Crippen LogP contribution is -2.09. The Bertz CT molecular complexity index is 2480. The molecule has 0 saturated heterocycles. The molecule has 54 heavy (non-hydrogen) atoms. The Balaban J connectivity index is 1.10. The summed E-state index contributed by atoms with van der Waals surface area (Å²) in [5.74, 6) is 0.990. The average Bonchev–Trinajstić information content (AvgIpc) is 3.27. The van der Waals surface area contributed by atoms with Gasteiger partial charge in [-0.25, -0.2) is 9.97 Å². The zero-order valence-electron chi connectivity index (χ0n) is 30.1. The predicted octanol–water partition coefficient (Wildman–Crippen LogP) is 11.6. The molecular formula is C50H40N4. The molecule has 1 N–H and O–H groups in total. The van der Waals surface area contributed by atoms with Crippen molar-refractivity contribution in [3.8, 4) is 44.8 Å². The molecule has 0 fully saturated rings. The molecule has 4 heteroatoms. The summed E-state index contributed by atoms with van der Waals surface area (Å²) in [6, 6.07) is 48.2. The molecule has 0 radical (unpaired) electrons. The van der Waals surface area contributed by atoms with Crippen LogP contribution in [0.15, 0.2) is 181 Å². The Labute approximate surface area is 317 Å². The van der Waals surface area contributed by atoms with E-state index in [1.165, 1.54) is 50.1 Å². The number of hydrogen-bond acceptors (Lipinski definition) is 4. The highest BCUT2D eigenvalue weighted by Gasteiger charge is 2.18. The number of dihydropyridines is 2. The zero-order valence-corrected chi connectivity index (χ0v) is 30.1. The maximum absolute atomic E-state index is 5.09. The number of nitrogens with zero attached hydrogens (tertiary/aromatic N) is 3. The minimum Gasteiger partial charge on any atom is -0.387 e. The molecule has 0 saturated carbocycles. The van der Waals surface area contributed by atoms with Crippen LogP contribution in [-0.2, 0) is 0 Å². The van der Waals surface area contributed by atoms with E-state index in [2.05, 4.69) is 180 Å². The summed E-state index contributed by atoms with van der Waals surface area (Å²) in [5.41, 5.74) is 16.2. The molecule has 0 bridgehead atoms. The van der Waals surface area contributed by atoms with Gasteiger partial charge in [-0.05, 0) is 105 Å². The first kappa shape index (κ1) is 33.2. The number of hydrogen-bond donors (Lipinski definition) is 1. The second-order valence-electron chi connectivity index (χ2n) is 14.0. The standard InChI is InChI=1S/C50H40N4/c1-3-8-35(9-4-1)37-14-16-38(17-15-37)45-31-46(33-47(32-45)44-13-7-12-43(30-44)36-10-5-2-6-11-36)39-18-20-42(21-19-39)50-53-48(40-22-26-51-27-23-40)34-49(54-50)41-24-28-52-29-25-41/h1-12,14-24,26,28,30-34,44,51H,13,25,27,29H2. The van der Waals surface area contributed by atoms with E-state index in [4.69, 9.17) is 9.97 Å². The van der Waals surface area contributed by atoms with Crippen molar-refractivity contribution in [2.75, 3.05) is 13.1 Å². The second kappa shape index (κ2) is 15.1. The Morgan fingerprint density at radius 2 is 1.19 bits per heavy atom. The van der Waals surface area contributed by atoms with Crippen molar-refractivity contribution in [2.45, 2.75) is 18.8 Å². The van der Waals surface area contributed by atoms with E-state index < -0.39 is 0 Å². The first-order valence-electron chi connectivity index (χ1n) is 18.8. The Morgan fingerprint density at radius 3 is 1.83 bits per heavy atom. The number of allylic oxidation sites excluding steroid dienone is 7. The highest BCUT2D eigenvalue weighted by Crippen LogP contribution is 2.38. The monoisotopic (exact) mass is 696 g/mol. The quantitative estimate of drug-likeness (QED) is 0.172. The molecule has 0 amide bonds. The van der Waals surface area contributed by atoms with E-state index >= 15 is 0 Å². The normalized spacial score (nSPS) is 16.3. The fraction of sp³-hybridized carbons (Fsp3) is 0.100. The van der Waals surface area contributed by atoms with E-state index in [1.807, 2.05) is 12.4 Å². The molecule has 2 aliphatic heterocycles. The van der Waals surface area contributed by atoms with Crippen LogP contribution in [0.4, 0.5) is 0 Å². The van der Waals surface area contributed by atoms with Crippen molar-refractivity contribution in [1.82, 2.24) is 15.3 Å². The van der Waals surface area contributed by atoms with Gasteiger partial charge in [-0.2, -0.15) is 0 Å². The predicted molar refractivity (Wildman–Crippen MR) is 226 cm³/mol. The van der Waals surface area contributed by atoms with Crippen molar-refractivity contribution in [3.05, 3.63) is 199 Å². The van der Waals surface area contributed by atoms with Crippen LogP contribution < -0.4 is 5.32 Å². The van der Waals surface area contributed by atoms with Crippen LogP contribution in [0, 0.1) is 0 Å². The molecule has 0 spiro atoms. The number of aliphatic imine (C=N–C) groups is 1. The fourth-order valence-corrected chi connectivity index (χ4v) is 7.47. The molecule has 1 unspecified atom stereocenters. The lowest BCUT2D eigenvalue weighted by molar-refractivity contribution is 0.858. The van der Waals surface area contributed by atoms with Crippen LogP contribution >= 0.6 is 0 Å². The van der Waals surface area contributed by atoms with Crippen LogP contribution in [0.2, 0.25) is 0 Å². The summed E-state index contributed by atoms with van der Waals surface area (Å²) < 4.78 is 0. The van der Waals surface area contributed by atoms with E-state index in [0.717, 1.165) is 59.8 Å². The summed E-state index contributed by atoms with van der Waals surface area (Å²) in [7, 11) is 0. The van der Waals surface area contributed by atoms with Crippen molar-refractivity contribution >= 4 is 22.9 Å². The summed E-state index contributed by atoms with van der Waals surface area (Å²) in [4.78, 5) is 14.6. The van der Waals surface area contributed by atoms with Gasteiger partial charge < -0.3 is 5.32 Å². The Hall–Kier alpha value is -6.65. The minimum atomic E-state index is 0.263. The molecular weight excluding hydrogens is 657 g/mol. The summed E-state index contributed by atoms with van der Waals surface area (Å²) in [5, 5.41) is 3.25. The number of nitrogens with one attached hydrogen (secondary N) is 1. The molecule has 3 aliphatic rings. The second-order valence-corrected chi connectivity index (χ2v) is 14.0. The first-order chi connectivity index (χ1) is 26.7. The fourth-order valence-electron chi connectivity index (χ4n) is 7.47. The highest BCUT2D eigenvalue weighted by molar-refractivity contribution is 5.87. The van der Waals surface area contributed by atoms with Crippen molar-refractivity contribution in [1.29, 1.82) is 0 Å². The van der Waals surface area contributed by atoms with Crippen molar-refractivity contribution in [2.24, 2.45) is 4.99 Å². The van der Waals surface area contributed by atoms with Crippen LogP contribution in [0.3, 0.4) is 0 Å². The summed E-state index contributed by atoms with van der Waals surface area (Å²) in [6.07, 6.45) is 19.1. The first-order valence-corrected chi connectivity index (χ1v) is 18.8. The van der Waals surface area contributed by atoms with E-state index in [9.17, 15) is 0 Å². The third-order valence-corrected chi connectivity index (χ3v) is 10.4. The van der Waals surface area contributed by atoms with Crippen LogP contribution in [0.25, 0.3) is 61.5 Å². The maximum atomic E-state index is 5.09. The molecule has 1 atom stereocenters. The average molecular weight is 697 g/mol. The molecule has 3 heterocycles. The lowest BCUT2D eigenvalue weighted by Gasteiger charge is -2.20. The molecule has 260 valence electrons. The third-order valence-electron chi connectivity index (χ3n) is 10.4. The maximum Gasteiger partial charge on any atom is 0.160 e. The van der Waals surface area contributed by atoms with Gasteiger partial charge in [0.1, 0.15) is 0 Å². The van der Waals surface area contributed by atoms with E-state index in [0.29, 0.717) is 0 Å². The third kappa shape index (κ3) is 7.19. The van der Waals surface area contributed by atoms with Gasteiger partial charge in [-0.3, -0.25) is 4.99 Å². The molecule has 5 aromatic carbocycles. The largest absolute Gasteiger partial charge is 0.387 e. The Kier molecular flexibility index (Phi) is 9.31. The highest BCUT2D eigenvalue weighted by atomic mass is 14.9.